The van der Waals surface area contributed by atoms with Gasteiger partial charge in [-0.2, -0.15) is 0 Å². The number of carbonyl (C=O) groups excluding carboxylic acids is 1. The maximum Gasteiger partial charge on any atom is 0.414 e. The van der Waals surface area contributed by atoms with E-state index in [2.05, 4.69) is 13.8 Å². The van der Waals surface area contributed by atoms with Gasteiger partial charge in [0.15, 0.2) is 0 Å². The van der Waals surface area contributed by atoms with Gasteiger partial charge in [-0.15, -0.1) is 0 Å². The second-order valence-electron chi connectivity index (χ2n) is 3.99. The molecule has 0 unspecified atom stereocenters. The van der Waals surface area contributed by atoms with Gasteiger partial charge in [-0.1, -0.05) is 26.0 Å². The summed E-state index contributed by atoms with van der Waals surface area (Å²) in [5.41, 5.74) is 1.24. The van der Waals surface area contributed by atoms with Crippen molar-refractivity contribution in [1.29, 1.82) is 0 Å². The lowest BCUT2D eigenvalue weighted by molar-refractivity contribution is 0.172. The van der Waals surface area contributed by atoms with Crippen molar-refractivity contribution in [2.45, 2.75) is 19.8 Å². The monoisotopic (exact) mass is 207 g/mol. The molecular formula is C12H17NO2. The summed E-state index contributed by atoms with van der Waals surface area (Å²) in [5.74, 6) is 1.07. The summed E-state index contributed by atoms with van der Waals surface area (Å²) >= 11 is 0. The minimum atomic E-state index is -0.354. The van der Waals surface area contributed by atoms with Crippen LogP contribution in [0.2, 0.25) is 0 Å². The first-order valence-corrected chi connectivity index (χ1v) is 5.00. The maximum absolute atomic E-state index is 11.2. The van der Waals surface area contributed by atoms with E-state index in [0.717, 1.165) is 0 Å². The summed E-state index contributed by atoms with van der Waals surface area (Å²) in [5, 5.41) is 0. The molecule has 82 valence electrons. The Kier molecular flexibility index (Phi) is 3.72. The van der Waals surface area contributed by atoms with Crippen LogP contribution in [0.4, 0.5) is 4.79 Å². The van der Waals surface area contributed by atoms with Gasteiger partial charge in [0.05, 0.1) is 0 Å². The molecule has 1 rings (SSSR count). The molecule has 0 radical (unpaired) electrons. The second kappa shape index (κ2) is 4.82. The highest BCUT2D eigenvalue weighted by molar-refractivity contribution is 5.69. The van der Waals surface area contributed by atoms with Gasteiger partial charge in [0, 0.05) is 14.1 Å². The van der Waals surface area contributed by atoms with E-state index in [9.17, 15) is 4.79 Å². The molecule has 0 fully saturated rings. The smallest absolute Gasteiger partial charge is 0.410 e. The minimum Gasteiger partial charge on any atom is -0.410 e. The molecule has 0 bridgehead atoms. The van der Waals surface area contributed by atoms with Crippen LogP contribution in [0.25, 0.3) is 0 Å². The fourth-order valence-electron chi connectivity index (χ4n) is 1.11. The summed E-state index contributed by atoms with van der Waals surface area (Å²) in [6.07, 6.45) is -0.354. The van der Waals surface area contributed by atoms with Crippen LogP contribution < -0.4 is 4.74 Å². The number of nitrogens with zero attached hydrogens (tertiary/aromatic N) is 1. The van der Waals surface area contributed by atoms with Crippen molar-refractivity contribution >= 4 is 6.09 Å². The zero-order chi connectivity index (χ0) is 11.4. The SMILES string of the molecule is CC(C)c1ccc(OC(=O)N(C)C)cc1. The third-order valence-corrected chi connectivity index (χ3v) is 2.12. The van der Waals surface area contributed by atoms with E-state index in [1.165, 1.54) is 10.5 Å². The average Bonchev–Trinajstić information content (AvgIpc) is 2.18. The molecular weight excluding hydrogens is 190 g/mol. The van der Waals surface area contributed by atoms with E-state index in [1.807, 2.05) is 24.3 Å². The molecule has 3 nitrogen and oxygen atoms in total. The first-order valence-electron chi connectivity index (χ1n) is 5.00. The molecule has 0 saturated heterocycles. The van der Waals surface area contributed by atoms with Gasteiger partial charge < -0.3 is 9.64 Å². The van der Waals surface area contributed by atoms with E-state index < -0.39 is 0 Å². The number of hydrogen-bond donors (Lipinski definition) is 0. The van der Waals surface area contributed by atoms with Gasteiger partial charge in [0.2, 0.25) is 0 Å². The Bertz CT molecular complexity index is 328. The summed E-state index contributed by atoms with van der Waals surface area (Å²) in [4.78, 5) is 12.6. The first kappa shape index (κ1) is 11.6. The predicted octanol–water partition coefficient (Wildman–Crippen LogP) is 2.87. The van der Waals surface area contributed by atoms with Crippen LogP contribution in [0.5, 0.6) is 5.75 Å². The molecule has 15 heavy (non-hydrogen) atoms. The average molecular weight is 207 g/mol. The highest BCUT2D eigenvalue weighted by Gasteiger charge is 2.06. The van der Waals surface area contributed by atoms with Crippen molar-refractivity contribution in [3.63, 3.8) is 0 Å². The van der Waals surface area contributed by atoms with Crippen LogP contribution in [0.1, 0.15) is 25.3 Å². The van der Waals surface area contributed by atoms with Crippen LogP contribution in [0.3, 0.4) is 0 Å². The van der Waals surface area contributed by atoms with E-state index in [-0.39, 0.29) is 6.09 Å². The number of rotatable bonds is 2. The lowest BCUT2D eigenvalue weighted by atomic mass is 10.0. The zero-order valence-electron chi connectivity index (χ0n) is 9.65. The maximum atomic E-state index is 11.2. The molecule has 1 aromatic rings. The summed E-state index contributed by atoms with van der Waals surface area (Å²) in [7, 11) is 3.32. The number of amides is 1. The molecule has 0 aliphatic heterocycles. The predicted molar refractivity (Wildman–Crippen MR) is 60.2 cm³/mol. The van der Waals surface area contributed by atoms with Gasteiger partial charge in [0.25, 0.3) is 0 Å². The van der Waals surface area contributed by atoms with Crippen LogP contribution in [0, 0.1) is 0 Å². The Balaban J connectivity index is 2.69. The quantitative estimate of drug-likeness (QED) is 0.746. The number of carbonyl (C=O) groups is 1. The van der Waals surface area contributed by atoms with Crippen LogP contribution in [-0.2, 0) is 0 Å². The molecule has 0 spiro atoms. The minimum absolute atomic E-state index is 0.354. The fraction of sp³-hybridized carbons (Fsp3) is 0.417. The van der Waals surface area contributed by atoms with Gasteiger partial charge in [-0.05, 0) is 23.6 Å². The van der Waals surface area contributed by atoms with Crippen LogP contribution in [-0.4, -0.2) is 25.1 Å². The van der Waals surface area contributed by atoms with Gasteiger partial charge in [-0.3, -0.25) is 0 Å². The fourth-order valence-corrected chi connectivity index (χ4v) is 1.11. The molecule has 1 aromatic carbocycles. The lowest BCUT2D eigenvalue weighted by Crippen LogP contribution is -2.25. The molecule has 0 saturated carbocycles. The summed E-state index contributed by atoms with van der Waals surface area (Å²) in [6.45, 7) is 4.25. The number of ether oxygens (including phenoxy) is 1. The Morgan fingerprint density at radius 3 is 2.13 bits per heavy atom. The third kappa shape index (κ3) is 3.27. The molecule has 0 aliphatic rings. The van der Waals surface area contributed by atoms with Crippen molar-refractivity contribution < 1.29 is 9.53 Å². The Hall–Kier alpha value is -1.51. The molecule has 0 heterocycles. The van der Waals surface area contributed by atoms with Crippen molar-refractivity contribution in [2.75, 3.05) is 14.1 Å². The molecule has 3 heteroatoms. The van der Waals surface area contributed by atoms with Crippen molar-refractivity contribution in [2.24, 2.45) is 0 Å². The Morgan fingerprint density at radius 1 is 1.20 bits per heavy atom. The van der Waals surface area contributed by atoms with Gasteiger partial charge >= 0.3 is 6.09 Å². The van der Waals surface area contributed by atoms with Crippen LogP contribution in [0.15, 0.2) is 24.3 Å². The summed E-state index contributed by atoms with van der Waals surface area (Å²) < 4.78 is 5.10. The molecule has 0 atom stereocenters. The van der Waals surface area contributed by atoms with Crippen LogP contribution >= 0.6 is 0 Å². The first-order chi connectivity index (χ1) is 7.00. The summed E-state index contributed by atoms with van der Waals surface area (Å²) in [6, 6.07) is 7.58. The van der Waals surface area contributed by atoms with Crippen molar-refractivity contribution in [1.82, 2.24) is 4.90 Å². The zero-order valence-corrected chi connectivity index (χ0v) is 9.65. The van der Waals surface area contributed by atoms with E-state index in [4.69, 9.17) is 4.74 Å². The largest absolute Gasteiger partial charge is 0.414 e. The molecule has 1 amide bonds. The second-order valence-corrected chi connectivity index (χ2v) is 3.99. The molecule has 0 aromatic heterocycles. The molecule has 0 aliphatic carbocycles. The van der Waals surface area contributed by atoms with Gasteiger partial charge in [-0.25, -0.2) is 4.79 Å². The highest BCUT2D eigenvalue weighted by atomic mass is 16.6. The number of benzene rings is 1. The standard InChI is InChI=1S/C12H17NO2/c1-9(2)10-5-7-11(8-6-10)15-12(14)13(3)4/h5-9H,1-4H3. The molecule has 0 N–H and O–H groups in total. The lowest BCUT2D eigenvalue weighted by Gasteiger charge is -2.11. The normalized spacial score (nSPS) is 10.2. The Labute approximate surface area is 90.7 Å². The van der Waals surface area contributed by atoms with Gasteiger partial charge in [0.1, 0.15) is 5.75 Å². The third-order valence-electron chi connectivity index (χ3n) is 2.12. The van der Waals surface area contributed by atoms with Crippen molar-refractivity contribution in [3.8, 4) is 5.75 Å². The van der Waals surface area contributed by atoms with E-state index >= 15 is 0 Å². The van der Waals surface area contributed by atoms with E-state index in [0.29, 0.717) is 11.7 Å². The number of hydrogen-bond acceptors (Lipinski definition) is 2. The topological polar surface area (TPSA) is 29.5 Å². The highest BCUT2D eigenvalue weighted by Crippen LogP contribution is 2.18. The Morgan fingerprint density at radius 2 is 1.73 bits per heavy atom. The van der Waals surface area contributed by atoms with E-state index in [1.54, 1.807) is 14.1 Å². The van der Waals surface area contributed by atoms with Crippen molar-refractivity contribution in [3.05, 3.63) is 29.8 Å².